The number of benzene rings is 1. The molecule has 0 spiro atoms. The molecular weight excluding hydrogens is 323 g/mol. The number of aryl methyl sites for hydroxylation is 1. The number of likely N-dealkylation sites (tertiary alicyclic amines) is 1. The van der Waals surface area contributed by atoms with Crippen LogP contribution in [-0.2, 0) is 0 Å². The number of hydrogen-bond acceptors (Lipinski definition) is 2. The number of nitrogens with zero attached hydrogens (tertiary/aromatic N) is 1. The van der Waals surface area contributed by atoms with Crippen LogP contribution in [0.1, 0.15) is 50.3 Å². The molecule has 1 fully saturated rings. The second-order valence-corrected chi connectivity index (χ2v) is 7.93. The van der Waals surface area contributed by atoms with Crippen LogP contribution in [0.2, 0.25) is 0 Å². The smallest absolute Gasteiger partial charge is 0.152 e. The van der Waals surface area contributed by atoms with Crippen LogP contribution in [0.5, 0.6) is 0 Å². The molecule has 1 aromatic rings. The molecule has 1 aliphatic rings. The van der Waals surface area contributed by atoms with Crippen molar-refractivity contribution in [2.45, 2.75) is 46.2 Å². The number of nitrogens with one attached hydrogen (secondary N) is 1. The average molecular weight is 357 g/mol. The first kappa shape index (κ1) is 20.4. The van der Waals surface area contributed by atoms with Gasteiger partial charge in [0.2, 0.25) is 0 Å². The second-order valence-electron chi connectivity index (χ2n) is 7.93. The highest BCUT2D eigenvalue weighted by atomic mass is 19.1. The summed E-state index contributed by atoms with van der Waals surface area (Å²) in [6.07, 6.45) is 4.88. The summed E-state index contributed by atoms with van der Waals surface area (Å²) in [5.41, 5.74) is 3.37. The zero-order chi connectivity index (χ0) is 19.3. The largest absolute Gasteiger partial charge is 0.360 e. The van der Waals surface area contributed by atoms with Crippen LogP contribution in [0.25, 0.3) is 12.2 Å². The van der Waals surface area contributed by atoms with Gasteiger partial charge in [-0.05, 0) is 49.8 Å². The quantitative estimate of drug-likeness (QED) is 0.688. The fourth-order valence-corrected chi connectivity index (χ4v) is 3.53. The van der Waals surface area contributed by atoms with Crippen molar-refractivity contribution in [2.24, 2.45) is 5.92 Å². The fraction of sp³-hybridized carbons (Fsp3) is 0.478. The van der Waals surface area contributed by atoms with Crippen LogP contribution >= 0.6 is 0 Å². The van der Waals surface area contributed by atoms with Gasteiger partial charge in [-0.15, -0.1) is 0 Å². The van der Waals surface area contributed by atoms with Gasteiger partial charge in [0.1, 0.15) is 0 Å². The highest BCUT2D eigenvalue weighted by Gasteiger charge is 2.37. The Kier molecular flexibility index (Phi) is 6.82. The average Bonchev–Trinajstić information content (AvgIpc) is 2.57. The molecule has 3 heteroatoms. The first-order valence-electron chi connectivity index (χ1n) is 9.52. The van der Waals surface area contributed by atoms with Crippen LogP contribution in [0.4, 0.5) is 4.39 Å². The summed E-state index contributed by atoms with van der Waals surface area (Å²) < 4.78 is 15.4. The van der Waals surface area contributed by atoms with Crippen molar-refractivity contribution in [1.82, 2.24) is 10.2 Å². The zero-order valence-electron chi connectivity index (χ0n) is 16.7. The number of hydrogen-bond donors (Lipinski definition) is 1. The highest BCUT2D eigenvalue weighted by Crippen LogP contribution is 2.32. The molecule has 1 aromatic carbocycles. The molecule has 0 aliphatic carbocycles. The van der Waals surface area contributed by atoms with E-state index in [1.54, 1.807) is 0 Å². The van der Waals surface area contributed by atoms with Crippen molar-refractivity contribution in [2.75, 3.05) is 19.6 Å². The summed E-state index contributed by atoms with van der Waals surface area (Å²) >= 11 is 0. The van der Waals surface area contributed by atoms with E-state index in [1.807, 2.05) is 19.1 Å². The van der Waals surface area contributed by atoms with Gasteiger partial charge in [0.25, 0.3) is 0 Å². The predicted molar refractivity (Wildman–Crippen MR) is 112 cm³/mol. The lowest BCUT2D eigenvalue weighted by Gasteiger charge is -2.38. The summed E-state index contributed by atoms with van der Waals surface area (Å²) in [6, 6.07) is 6.23. The molecular formula is C23H33FN2. The minimum atomic E-state index is -1.34. The van der Waals surface area contributed by atoms with Crippen molar-refractivity contribution in [3.05, 3.63) is 59.4 Å². The van der Waals surface area contributed by atoms with Gasteiger partial charge in [-0.3, -0.25) is 0 Å². The lowest BCUT2D eigenvalue weighted by Crippen LogP contribution is -2.46. The standard InChI is InChI=1S/C23H33FN2/c1-7-21-9-8-18(4)14-22(21)15-19(5)25-20(6)23(24)10-12-26(13-11-23)16-17(2)3/h7-9,14-15,17,25H,1,6,10-13,16H2,2-5H3/b19-15+. The summed E-state index contributed by atoms with van der Waals surface area (Å²) in [5.74, 6) is 0.613. The Hall–Kier alpha value is -1.87. The summed E-state index contributed by atoms with van der Waals surface area (Å²) in [4.78, 5) is 2.35. The van der Waals surface area contributed by atoms with E-state index in [2.05, 4.69) is 62.3 Å². The molecule has 2 nitrogen and oxygen atoms in total. The number of piperidine rings is 1. The van der Waals surface area contributed by atoms with Gasteiger partial charge < -0.3 is 10.2 Å². The maximum atomic E-state index is 15.4. The van der Waals surface area contributed by atoms with Crippen LogP contribution < -0.4 is 5.32 Å². The molecule has 0 radical (unpaired) electrons. The SMILES string of the molecule is C=Cc1ccc(C)cc1/C=C(\C)NC(=C)C1(F)CCN(CC(C)C)CC1. The predicted octanol–water partition coefficient (Wildman–Crippen LogP) is 5.56. The Labute approximate surface area is 158 Å². The van der Waals surface area contributed by atoms with E-state index in [-0.39, 0.29) is 0 Å². The lowest BCUT2D eigenvalue weighted by molar-refractivity contribution is 0.0776. The molecule has 1 N–H and O–H groups in total. The summed E-state index contributed by atoms with van der Waals surface area (Å²) in [5, 5.41) is 3.20. The minimum Gasteiger partial charge on any atom is -0.360 e. The molecule has 1 saturated heterocycles. The first-order valence-corrected chi connectivity index (χ1v) is 9.52. The summed E-state index contributed by atoms with van der Waals surface area (Å²) in [6.45, 7) is 18.9. The Bertz CT molecular complexity index is 679. The molecule has 2 rings (SSSR count). The van der Waals surface area contributed by atoms with Crippen molar-refractivity contribution in [1.29, 1.82) is 0 Å². The monoisotopic (exact) mass is 356 g/mol. The van der Waals surface area contributed by atoms with Crippen LogP contribution in [-0.4, -0.2) is 30.2 Å². The molecule has 0 aromatic heterocycles. The molecule has 0 unspecified atom stereocenters. The van der Waals surface area contributed by atoms with E-state index in [1.165, 1.54) is 5.56 Å². The third kappa shape index (κ3) is 5.31. The third-order valence-electron chi connectivity index (χ3n) is 5.00. The molecule has 0 saturated carbocycles. The zero-order valence-corrected chi connectivity index (χ0v) is 16.7. The summed E-state index contributed by atoms with van der Waals surface area (Å²) in [7, 11) is 0. The fourth-order valence-electron chi connectivity index (χ4n) is 3.53. The van der Waals surface area contributed by atoms with Crippen molar-refractivity contribution in [3.8, 4) is 0 Å². The Morgan fingerprint density at radius 2 is 1.96 bits per heavy atom. The molecule has 1 aliphatic heterocycles. The normalized spacial score (nSPS) is 18.0. The topological polar surface area (TPSA) is 15.3 Å². The Morgan fingerprint density at radius 3 is 2.54 bits per heavy atom. The second kappa shape index (κ2) is 8.68. The molecule has 142 valence electrons. The van der Waals surface area contributed by atoms with Gasteiger partial charge in [0.15, 0.2) is 5.67 Å². The van der Waals surface area contributed by atoms with Gasteiger partial charge in [-0.2, -0.15) is 0 Å². The van der Waals surface area contributed by atoms with Gasteiger partial charge in [0, 0.05) is 31.0 Å². The van der Waals surface area contributed by atoms with E-state index < -0.39 is 5.67 Å². The molecule has 0 bridgehead atoms. The van der Waals surface area contributed by atoms with E-state index in [0.717, 1.165) is 36.5 Å². The third-order valence-corrected chi connectivity index (χ3v) is 5.00. The highest BCUT2D eigenvalue weighted by molar-refractivity contribution is 5.66. The van der Waals surface area contributed by atoms with E-state index in [0.29, 0.717) is 24.5 Å². The maximum Gasteiger partial charge on any atom is 0.152 e. The van der Waals surface area contributed by atoms with Crippen molar-refractivity contribution in [3.63, 3.8) is 0 Å². The molecule has 0 atom stereocenters. The van der Waals surface area contributed by atoms with Gasteiger partial charge in [0.05, 0.1) is 0 Å². The van der Waals surface area contributed by atoms with Crippen molar-refractivity contribution < 1.29 is 4.39 Å². The number of rotatable bonds is 7. The van der Waals surface area contributed by atoms with Crippen LogP contribution in [0, 0.1) is 12.8 Å². The maximum absolute atomic E-state index is 15.4. The van der Waals surface area contributed by atoms with Crippen LogP contribution in [0.15, 0.2) is 42.8 Å². The number of halogens is 1. The molecule has 0 amide bonds. The van der Waals surface area contributed by atoms with E-state index in [9.17, 15) is 0 Å². The van der Waals surface area contributed by atoms with Gasteiger partial charge in [-0.1, -0.05) is 56.8 Å². The molecule has 1 heterocycles. The number of alkyl halides is 1. The first-order chi connectivity index (χ1) is 12.2. The number of allylic oxidation sites excluding steroid dienone is 2. The Balaban J connectivity index is 2.03. The Morgan fingerprint density at radius 1 is 1.31 bits per heavy atom. The van der Waals surface area contributed by atoms with Crippen LogP contribution in [0.3, 0.4) is 0 Å². The van der Waals surface area contributed by atoms with E-state index >= 15 is 4.39 Å². The molecule has 26 heavy (non-hydrogen) atoms. The van der Waals surface area contributed by atoms with Crippen molar-refractivity contribution >= 4 is 12.2 Å². The lowest BCUT2D eigenvalue weighted by atomic mass is 9.90. The van der Waals surface area contributed by atoms with E-state index in [4.69, 9.17) is 0 Å². The van der Waals surface area contributed by atoms with Gasteiger partial charge >= 0.3 is 0 Å². The minimum absolute atomic E-state index is 0.475. The van der Waals surface area contributed by atoms with Gasteiger partial charge in [-0.25, -0.2) is 4.39 Å².